The zero-order valence-corrected chi connectivity index (χ0v) is 19.8. The van der Waals surface area contributed by atoms with Crippen molar-refractivity contribution in [1.29, 1.82) is 0 Å². The number of halogens is 1. The molecule has 32 heavy (non-hydrogen) atoms. The lowest BCUT2D eigenvalue weighted by Gasteiger charge is -2.41. The van der Waals surface area contributed by atoms with Crippen molar-refractivity contribution in [3.8, 4) is 11.6 Å². The number of hydrogen-bond donors (Lipinski definition) is 1. The summed E-state index contributed by atoms with van der Waals surface area (Å²) in [5.41, 5.74) is -0.138. The third-order valence-corrected chi connectivity index (χ3v) is 7.92. The van der Waals surface area contributed by atoms with E-state index in [1.165, 1.54) is 16.4 Å². The minimum atomic E-state index is -3.71. The van der Waals surface area contributed by atoms with Crippen LogP contribution < -0.4 is 9.47 Å². The molecule has 0 bridgehead atoms. The summed E-state index contributed by atoms with van der Waals surface area (Å²) < 4.78 is 44.9. The van der Waals surface area contributed by atoms with Crippen molar-refractivity contribution >= 4 is 32.6 Å². The summed E-state index contributed by atoms with van der Waals surface area (Å²) >= 11 is 6.01. The van der Waals surface area contributed by atoms with Crippen LogP contribution >= 0.6 is 11.6 Å². The predicted molar refractivity (Wildman–Crippen MR) is 120 cm³/mol. The number of rotatable bonds is 6. The van der Waals surface area contributed by atoms with Crippen molar-refractivity contribution in [3.05, 3.63) is 47.0 Å². The molecule has 0 aliphatic carbocycles. The molecule has 1 N–H and O–H groups in total. The molecule has 2 heterocycles. The highest BCUT2D eigenvalue weighted by Gasteiger charge is 2.45. The van der Waals surface area contributed by atoms with Gasteiger partial charge in [0.15, 0.2) is 11.7 Å². The number of hydrogen-bond acceptors (Lipinski definition) is 7. The van der Waals surface area contributed by atoms with Crippen molar-refractivity contribution in [2.24, 2.45) is 0 Å². The van der Waals surface area contributed by atoms with Crippen molar-refractivity contribution in [2.45, 2.75) is 50.4 Å². The highest BCUT2D eigenvalue weighted by molar-refractivity contribution is 7.89. The van der Waals surface area contributed by atoms with Gasteiger partial charge in [0, 0.05) is 29.7 Å². The Morgan fingerprint density at radius 3 is 2.59 bits per heavy atom. The van der Waals surface area contributed by atoms with Gasteiger partial charge in [0.2, 0.25) is 10.0 Å². The molecule has 1 aliphatic heterocycles. The molecule has 2 aromatic carbocycles. The van der Waals surface area contributed by atoms with Crippen LogP contribution in [0.5, 0.6) is 11.6 Å². The fourth-order valence-corrected chi connectivity index (χ4v) is 5.47. The van der Waals surface area contributed by atoms with E-state index in [1.807, 2.05) is 0 Å². The van der Waals surface area contributed by atoms with Gasteiger partial charge in [-0.1, -0.05) is 25.4 Å². The van der Waals surface area contributed by atoms with Gasteiger partial charge in [-0.3, -0.25) is 0 Å². The third kappa shape index (κ3) is 3.83. The van der Waals surface area contributed by atoms with Crippen LogP contribution in [-0.4, -0.2) is 47.8 Å². The molecular weight excluding hydrogens is 456 g/mol. The van der Waals surface area contributed by atoms with Crippen molar-refractivity contribution < 1.29 is 27.5 Å². The van der Waals surface area contributed by atoms with Crippen molar-refractivity contribution in [3.63, 3.8) is 0 Å². The second-order valence-corrected chi connectivity index (χ2v) is 10.5. The van der Waals surface area contributed by atoms with E-state index in [0.29, 0.717) is 40.4 Å². The van der Waals surface area contributed by atoms with Crippen LogP contribution in [0, 0.1) is 0 Å². The van der Waals surface area contributed by atoms with Gasteiger partial charge in [-0.25, -0.2) is 8.42 Å². The van der Waals surface area contributed by atoms with Gasteiger partial charge >= 0.3 is 0 Å². The first kappa shape index (κ1) is 22.8. The molecule has 0 spiro atoms. The molecule has 4 rings (SSSR count). The highest BCUT2D eigenvalue weighted by Crippen LogP contribution is 2.44. The zero-order chi connectivity index (χ0) is 23.3. The number of fused-ring (bicyclic) bond motifs is 2. The summed E-state index contributed by atoms with van der Waals surface area (Å²) in [4.78, 5) is 0.0980. The Kier molecular flexibility index (Phi) is 5.87. The molecule has 0 unspecified atom stereocenters. The maximum atomic E-state index is 13.1. The standard InChI is InChI=1S/C22H25ClN2O6S/c1-5-25(6-2)32(27,28)14-8-10-17-16(12-14)19(20(26)22(3,4)30-17)29-21-15-9-7-13(23)11-18(15)31-24-21/h7-12,19-20,26H,5-6H2,1-4H3/t19-,20+/m1/s1. The lowest BCUT2D eigenvalue weighted by molar-refractivity contribution is -0.104. The summed E-state index contributed by atoms with van der Waals surface area (Å²) in [6.45, 7) is 7.72. The fraction of sp³-hybridized carbons (Fsp3) is 0.409. The van der Waals surface area contributed by atoms with Crippen LogP contribution in [0.3, 0.4) is 0 Å². The van der Waals surface area contributed by atoms with Gasteiger partial charge in [0.25, 0.3) is 5.88 Å². The van der Waals surface area contributed by atoms with E-state index in [0.717, 1.165) is 0 Å². The Bertz CT molecular complexity index is 1250. The van der Waals surface area contributed by atoms with Gasteiger partial charge in [0.1, 0.15) is 17.5 Å². The minimum Gasteiger partial charge on any atom is -0.485 e. The van der Waals surface area contributed by atoms with Gasteiger partial charge in [-0.05, 0) is 49.3 Å². The Hall–Kier alpha value is -2.33. The molecule has 0 saturated carbocycles. The minimum absolute atomic E-state index is 0.0980. The predicted octanol–water partition coefficient (Wildman–Crippen LogP) is 4.16. The average Bonchev–Trinajstić information content (AvgIpc) is 3.13. The highest BCUT2D eigenvalue weighted by atomic mass is 35.5. The number of aliphatic hydroxyl groups is 1. The summed E-state index contributed by atoms with van der Waals surface area (Å²) in [5.74, 6) is 0.598. The first-order chi connectivity index (χ1) is 15.1. The number of benzene rings is 2. The smallest absolute Gasteiger partial charge is 0.262 e. The van der Waals surface area contributed by atoms with Crippen LogP contribution in [0.1, 0.15) is 39.4 Å². The maximum absolute atomic E-state index is 13.1. The normalized spacial score (nSPS) is 20.2. The van der Waals surface area contributed by atoms with E-state index < -0.39 is 27.8 Å². The van der Waals surface area contributed by atoms with Crippen LogP contribution in [0.25, 0.3) is 11.0 Å². The van der Waals surface area contributed by atoms with E-state index in [9.17, 15) is 13.5 Å². The second-order valence-electron chi connectivity index (χ2n) is 8.11. The summed E-state index contributed by atoms with van der Waals surface area (Å²) in [5, 5.41) is 16.1. The molecule has 1 aliphatic rings. The Labute approximate surface area is 191 Å². The van der Waals surface area contributed by atoms with E-state index in [2.05, 4.69) is 5.16 Å². The molecule has 0 radical (unpaired) electrons. The Morgan fingerprint density at radius 1 is 1.19 bits per heavy atom. The first-order valence-corrected chi connectivity index (χ1v) is 12.1. The fourth-order valence-electron chi connectivity index (χ4n) is 3.81. The van der Waals surface area contributed by atoms with E-state index in [4.69, 9.17) is 25.6 Å². The molecule has 172 valence electrons. The van der Waals surface area contributed by atoms with Gasteiger partial charge < -0.3 is 19.1 Å². The van der Waals surface area contributed by atoms with Crippen LogP contribution in [0.2, 0.25) is 5.02 Å². The molecule has 8 nitrogen and oxygen atoms in total. The van der Waals surface area contributed by atoms with Crippen LogP contribution in [0.15, 0.2) is 45.8 Å². The molecule has 10 heteroatoms. The van der Waals surface area contributed by atoms with Crippen LogP contribution in [-0.2, 0) is 10.0 Å². The molecule has 0 amide bonds. The van der Waals surface area contributed by atoms with Gasteiger partial charge in [-0.15, -0.1) is 0 Å². The quantitative estimate of drug-likeness (QED) is 0.565. The summed E-state index contributed by atoms with van der Waals surface area (Å²) in [6.07, 6.45) is -2.05. The summed E-state index contributed by atoms with van der Waals surface area (Å²) in [7, 11) is -3.71. The Morgan fingerprint density at radius 2 is 1.91 bits per heavy atom. The third-order valence-electron chi connectivity index (χ3n) is 5.64. The first-order valence-electron chi connectivity index (χ1n) is 10.3. The monoisotopic (exact) mass is 480 g/mol. The van der Waals surface area contributed by atoms with Crippen molar-refractivity contribution in [1.82, 2.24) is 9.46 Å². The molecule has 0 saturated heterocycles. The number of sulfonamides is 1. The van der Waals surface area contributed by atoms with Crippen LogP contribution in [0.4, 0.5) is 0 Å². The number of ether oxygens (including phenoxy) is 2. The Balaban J connectivity index is 1.80. The molecule has 1 aromatic heterocycles. The lowest BCUT2D eigenvalue weighted by atomic mass is 9.88. The number of nitrogens with zero attached hydrogens (tertiary/aromatic N) is 2. The second kappa shape index (κ2) is 8.22. The largest absolute Gasteiger partial charge is 0.485 e. The maximum Gasteiger partial charge on any atom is 0.262 e. The average molecular weight is 481 g/mol. The number of aliphatic hydroxyl groups excluding tert-OH is 1. The SMILES string of the molecule is CCN(CC)S(=O)(=O)c1ccc2c(c1)[C@@H](Oc1noc3cc(Cl)ccc13)[C@H](O)C(C)(C)O2. The zero-order valence-electron chi connectivity index (χ0n) is 18.2. The summed E-state index contributed by atoms with van der Waals surface area (Å²) in [6, 6.07) is 9.60. The topological polar surface area (TPSA) is 102 Å². The van der Waals surface area contributed by atoms with Crippen molar-refractivity contribution in [2.75, 3.05) is 13.1 Å². The molecule has 3 aromatic rings. The molecule has 0 fully saturated rings. The van der Waals surface area contributed by atoms with E-state index in [1.54, 1.807) is 52.0 Å². The lowest BCUT2D eigenvalue weighted by Crippen LogP contribution is -2.50. The molecular formula is C22H25ClN2O6S. The molecule has 2 atom stereocenters. The van der Waals surface area contributed by atoms with Gasteiger partial charge in [0.05, 0.1) is 10.3 Å². The van der Waals surface area contributed by atoms with E-state index in [-0.39, 0.29) is 10.8 Å². The number of aromatic nitrogens is 1. The van der Waals surface area contributed by atoms with E-state index >= 15 is 0 Å². The van der Waals surface area contributed by atoms with Gasteiger partial charge in [-0.2, -0.15) is 4.31 Å².